The first-order valence-electron chi connectivity index (χ1n) is 6.66. The molecule has 0 radical (unpaired) electrons. The van der Waals surface area contributed by atoms with E-state index in [1.807, 2.05) is 6.07 Å². The molecule has 0 aliphatic carbocycles. The summed E-state index contributed by atoms with van der Waals surface area (Å²) in [5, 5.41) is 3.51. The highest BCUT2D eigenvalue weighted by Gasteiger charge is 2.14. The number of hydrogen-bond acceptors (Lipinski definition) is 2. The van der Waals surface area contributed by atoms with Crippen LogP contribution in [-0.4, -0.2) is 13.1 Å². The van der Waals surface area contributed by atoms with E-state index >= 15 is 0 Å². The molecule has 0 aliphatic rings. The van der Waals surface area contributed by atoms with Crippen molar-refractivity contribution in [1.29, 1.82) is 0 Å². The Bertz CT molecular complexity index is 297. The first-order chi connectivity index (χ1) is 8.15. The van der Waals surface area contributed by atoms with Gasteiger partial charge in [-0.15, -0.1) is 0 Å². The fourth-order valence-electron chi connectivity index (χ4n) is 1.83. The van der Waals surface area contributed by atoms with Crippen LogP contribution >= 0.6 is 0 Å². The monoisotopic (exact) mass is 234 g/mol. The molecule has 3 atom stereocenters. The minimum absolute atomic E-state index is 0.126. The molecule has 0 amide bonds. The molecule has 0 aromatic heterocycles. The Labute approximate surface area is 106 Å². The van der Waals surface area contributed by atoms with Crippen molar-refractivity contribution in [2.24, 2.45) is 17.6 Å². The molecule has 2 nitrogen and oxygen atoms in total. The topological polar surface area (TPSA) is 38.0 Å². The first kappa shape index (κ1) is 14.2. The molecule has 17 heavy (non-hydrogen) atoms. The highest BCUT2D eigenvalue weighted by Crippen LogP contribution is 2.18. The van der Waals surface area contributed by atoms with Crippen LogP contribution < -0.4 is 11.1 Å². The van der Waals surface area contributed by atoms with Gasteiger partial charge >= 0.3 is 0 Å². The van der Waals surface area contributed by atoms with Crippen molar-refractivity contribution in [3.8, 4) is 0 Å². The standard InChI is InChI=1S/C15H26N2/c1-4-12(2)10-17-11-13(3)15(16)14-8-6-5-7-9-14/h5-9,12-13,15,17H,4,10-11,16H2,1-3H3. The molecule has 2 heteroatoms. The molecule has 0 saturated heterocycles. The first-order valence-corrected chi connectivity index (χ1v) is 6.66. The van der Waals surface area contributed by atoms with Crippen molar-refractivity contribution in [2.45, 2.75) is 33.2 Å². The second kappa shape index (κ2) is 7.46. The summed E-state index contributed by atoms with van der Waals surface area (Å²) < 4.78 is 0. The van der Waals surface area contributed by atoms with Crippen LogP contribution in [0.1, 0.15) is 38.8 Å². The van der Waals surface area contributed by atoms with E-state index in [1.54, 1.807) is 0 Å². The summed E-state index contributed by atoms with van der Waals surface area (Å²) in [4.78, 5) is 0. The third-order valence-electron chi connectivity index (χ3n) is 3.45. The van der Waals surface area contributed by atoms with E-state index in [0.717, 1.165) is 19.0 Å². The molecule has 3 N–H and O–H groups in total. The van der Waals surface area contributed by atoms with Gasteiger partial charge in [-0.25, -0.2) is 0 Å². The summed E-state index contributed by atoms with van der Waals surface area (Å²) >= 11 is 0. The molecule has 0 aliphatic heterocycles. The maximum Gasteiger partial charge on any atom is 0.0333 e. The van der Waals surface area contributed by atoms with Crippen LogP contribution in [0.25, 0.3) is 0 Å². The molecule has 1 aromatic carbocycles. The van der Waals surface area contributed by atoms with Crippen LogP contribution in [0.4, 0.5) is 0 Å². The molecule has 0 fully saturated rings. The second-order valence-corrected chi connectivity index (χ2v) is 5.09. The summed E-state index contributed by atoms with van der Waals surface area (Å²) in [6.45, 7) is 8.78. The number of hydrogen-bond donors (Lipinski definition) is 2. The summed E-state index contributed by atoms with van der Waals surface area (Å²) in [7, 11) is 0. The van der Waals surface area contributed by atoms with Crippen molar-refractivity contribution in [2.75, 3.05) is 13.1 Å². The van der Waals surface area contributed by atoms with E-state index < -0.39 is 0 Å². The van der Waals surface area contributed by atoms with Crippen LogP contribution in [0.3, 0.4) is 0 Å². The van der Waals surface area contributed by atoms with Gasteiger partial charge in [0.1, 0.15) is 0 Å². The van der Waals surface area contributed by atoms with E-state index in [2.05, 4.69) is 50.4 Å². The van der Waals surface area contributed by atoms with Crippen molar-refractivity contribution in [3.05, 3.63) is 35.9 Å². The normalized spacial score (nSPS) is 16.5. The zero-order valence-electron chi connectivity index (χ0n) is 11.3. The highest BCUT2D eigenvalue weighted by molar-refractivity contribution is 5.19. The van der Waals surface area contributed by atoms with Crippen LogP contribution in [0.5, 0.6) is 0 Å². The molecule has 1 rings (SSSR count). The van der Waals surface area contributed by atoms with Gasteiger partial charge in [0.2, 0.25) is 0 Å². The zero-order valence-corrected chi connectivity index (χ0v) is 11.3. The third-order valence-corrected chi connectivity index (χ3v) is 3.45. The minimum atomic E-state index is 0.126. The van der Waals surface area contributed by atoms with Crippen molar-refractivity contribution in [3.63, 3.8) is 0 Å². The average Bonchev–Trinajstić information content (AvgIpc) is 2.38. The van der Waals surface area contributed by atoms with E-state index in [-0.39, 0.29) is 6.04 Å². The van der Waals surface area contributed by atoms with Gasteiger partial charge in [-0.2, -0.15) is 0 Å². The highest BCUT2D eigenvalue weighted by atomic mass is 14.9. The molecule has 0 heterocycles. The summed E-state index contributed by atoms with van der Waals surface area (Å²) in [5.41, 5.74) is 7.48. The third kappa shape index (κ3) is 4.88. The van der Waals surface area contributed by atoms with Crippen molar-refractivity contribution >= 4 is 0 Å². The van der Waals surface area contributed by atoms with Gasteiger partial charge in [0, 0.05) is 6.04 Å². The average molecular weight is 234 g/mol. The summed E-state index contributed by atoms with van der Waals surface area (Å²) in [6, 6.07) is 10.5. The lowest BCUT2D eigenvalue weighted by atomic mass is 9.95. The zero-order chi connectivity index (χ0) is 12.7. The molecular formula is C15H26N2. The van der Waals surface area contributed by atoms with Crippen LogP contribution in [0, 0.1) is 11.8 Å². The molecule has 0 saturated carbocycles. The van der Waals surface area contributed by atoms with E-state index in [9.17, 15) is 0 Å². The fraction of sp³-hybridized carbons (Fsp3) is 0.600. The molecule has 1 aromatic rings. The maximum atomic E-state index is 6.25. The Morgan fingerprint density at radius 1 is 1.12 bits per heavy atom. The Balaban J connectivity index is 2.35. The largest absolute Gasteiger partial charge is 0.324 e. The van der Waals surface area contributed by atoms with E-state index in [0.29, 0.717) is 5.92 Å². The maximum absolute atomic E-state index is 6.25. The summed E-state index contributed by atoms with van der Waals surface area (Å²) in [5.74, 6) is 1.21. The lowest BCUT2D eigenvalue weighted by molar-refractivity contribution is 0.407. The van der Waals surface area contributed by atoms with Gasteiger partial charge in [-0.3, -0.25) is 0 Å². The Hall–Kier alpha value is -0.860. The molecule has 96 valence electrons. The van der Waals surface area contributed by atoms with Crippen molar-refractivity contribution < 1.29 is 0 Å². The molecular weight excluding hydrogens is 208 g/mol. The van der Waals surface area contributed by atoms with Crippen molar-refractivity contribution in [1.82, 2.24) is 5.32 Å². The number of nitrogens with one attached hydrogen (secondary N) is 1. The Kier molecular flexibility index (Phi) is 6.23. The molecule has 3 unspecified atom stereocenters. The molecule has 0 bridgehead atoms. The predicted octanol–water partition coefficient (Wildman–Crippen LogP) is 2.96. The van der Waals surface area contributed by atoms with E-state index in [1.165, 1.54) is 12.0 Å². The Morgan fingerprint density at radius 3 is 2.35 bits per heavy atom. The van der Waals surface area contributed by atoms with Gasteiger partial charge in [0.15, 0.2) is 0 Å². The van der Waals surface area contributed by atoms with E-state index in [4.69, 9.17) is 5.73 Å². The summed E-state index contributed by atoms with van der Waals surface area (Å²) in [6.07, 6.45) is 1.23. The fourth-order valence-corrected chi connectivity index (χ4v) is 1.83. The minimum Gasteiger partial charge on any atom is -0.324 e. The van der Waals surface area contributed by atoms with Gasteiger partial charge < -0.3 is 11.1 Å². The lowest BCUT2D eigenvalue weighted by Crippen LogP contribution is -2.31. The van der Waals surface area contributed by atoms with Gasteiger partial charge in [-0.1, -0.05) is 57.5 Å². The predicted molar refractivity (Wildman–Crippen MR) is 74.9 cm³/mol. The van der Waals surface area contributed by atoms with Crippen LogP contribution in [0.15, 0.2) is 30.3 Å². The Morgan fingerprint density at radius 2 is 1.76 bits per heavy atom. The quantitative estimate of drug-likeness (QED) is 0.761. The second-order valence-electron chi connectivity index (χ2n) is 5.09. The SMILES string of the molecule is CCC(C)CNCC(C)C(N)c1ccccc1. The van der Waals surface area contributed by atoms with Crippen LogP contribution in [0.2, 0.25) is 0 Å². The van der Waals surface area contributed by atoms with Gasteiger partial charge in [0.05, 0.1) is 0 Å². The number of benzene rings is 1. The smallest absolute Gasteiger partial charge is 0.0333 e. The van der Waals surface area contributed by atoms with Gasteiger partial charge in [0.25, 0.3) is 0 Å². The number of rotatable bonds is 7. The molecule has 0 spiro atoms. The lowest BCUT2D eigenvalue weighted by Gasteiger charge is -2.21. The van der Waals surface area contributed by atoms with Gasteiger partial charge in [-0.05, 0) is 30.5 Å². The number of nitrogens with two attached hydrogens (primary N) is 1. The van der Waals surface area contributed by atoms with Crippen LogP contribution in [-0.2, 0) is 0 Å².